The van der Waals surface area contributed by atoms with Crippen molar-refractivity contribution in [1.29, 1.82) is 0 Å². The second kappa shape index (κ2) is 12.6. The number of hydrogen-bond acceptors (Lipinski definition) is 5. The van der Waals surface area contributed by atoms with Gasteiger partial charge in [0.25, 0.3) is 0 Å². The van der Waals surface area contributed by atoms with E-state index >= 15 is 0 Å². The molecular weight excluding hydrogens is 483 g/mol. The summed E-state index contributed by atoms with van der Waals surface area (Å²) in [4.78, 5) is 4.73. The Bertz CT molecular complexity index is 761. The van der Waals surface area contributed by atoms with Crippen LogP contribution in [0.15, 0.2) is 35.6 Å². The minimum absolute atomic E-state index is 0. The van der Waals surface area contributed by atoms with Gasteiger partial charge in [-0.25, -0.2) is 4.99 Å². The number of methoxy groups -OCH3 is 1. The van der Waals surface area contributed by atoms with Gasteiger partial charge in [-0.15, -0.1) is 34.2 Å². The van der Waals surface area contributed by atoms with Crippen molar-refractivity contribution in [2.75, 3.05) is 26.8 Å². The van der Waals surface area contributed by atoms with Crippen LogP contribution in [0.2, 0.25) is 0 Å². The van der Waals surface area contributed by atoms with Crippen molar-refractivity contribution in [3.63, 3.8) is 0 Å². The molecule has 8 nitrogen and oxygen atoms in total. The summed E-state index contributed by atoms with van der Waals surface area (Å²) in [6, 6.07) is 7.97. The Morgan fingerprint density at radius 1 is 1.38 bits per heavy atom. The Hall–Kier alpha value is -1.88. The average Bonchev–Trinajstić information content (AvgIpc) is 3.41. The predicted molar refractivity (Wildman–Crippen MR) is 124 cm³/mol. The molecule has 1 aliphatic heterocycles. The minimum Gasteiger partial charge on any atom is -0.497 e. The van der Waals surface area contributed by atoms with Crippen molar-refractivity contribution in [3.05, 3.63) is 42.0 Å². The van der Waals surface area contributed by atoms with Crippen LogP contribution in [0.3, 0.4) is 0 Å². The van der Waals surface area contributed by atoms with E-state index in [0.29, 0.717) is 6.54 Å². The molecule has 1 fully saturated rings. The maximum Gasteiger partial charge on any atom is 0.191 e. The Kier molecular flexibility index (Phi) is 10.2. The molecule has 160 valence electrons. The van der Waals surface area contributed by atoms with E-state index in [-0.39, 0.29) is 30.1 Å². The summed E-state index contributed by atoms with van der Waals surface area (Å²) in [5.41, 5.74) is 1.10. The quantitative estimate of drug-likeness (QED) is 0.304. The van der Waals surface area contributed by atoms with E-state index < -0.39 is 0 Å². The third kappa shape index (κ3) is 7.46. The summed E-state index contributed by atoms with van der Waals surface area (Å²) < 4.78 is 13.1. The largest absolute Gasteiger partial charge is 0.497 e. The van der Waals surface area contributed by atoms with E-state index in [0.717, 1.165) is 68.6 Å². The first-order chi connectivity index (χ1) is 13.8. The lowest BCUT2D eigenvalue weighted by atomic mass is 10.2. The summed E-state index contributed by atoms with van der Waals surface area (Å²) in [5.74, 6) is 2.61. The van der Waals surface area contributed by atoms with Crippen LogP contribution in [0, 0.1) is 0 Å². The average molecular weight is 514 g/mol. The molecular formula is C20H31IN6O2. The first kappa shape index (κ1) is 23.4. The Balaban J connectivity index is 0.00000300. The fraction of sp³-hybridized carbons (Fsp3) is 0.550. The summed E-state index contributed by atoms with van der Waals surface area (Å²) in [5, 5.41) is 14.9. The van der Waals surface area contributed by atoms with Gasteiger partial charge in [-0.05, 0) is 30.5 Å². The van der Waals surface area contributed by atoms with Crippen molar-refractivity contribution in [1.82, 2.24) is 25.4 Å². The number of benzene rings is 1. The molecule has 3 rings (SSSR count). The standard InChI is InChI=1S/C20H30N6O2.HI/c1-3-19-25-24-15-26(19)10-9-21-20(23-14-18-8-5-11-28-18)22-13-16-6-4-7-17(12-16)27-2;/h4,6-7,12,15,18H,3,5,8-11,13-14H2,1-2H3,(H2,21,22,23);1H. The Morgan fingerprint density at radius 2 is 2.28 bits per heavy atom. The molecule has 0 aliphatic carbocycles. The zero-order valence-electron chi connectivity index (χ0n) is 17.1. The molecule has 2 heterocycles. The highest BCUT2D eigenvalue weighted by Crippen LogP contribution is 2.13. The summed E-state index contributed by atoms with van der Waals surface area (Å²) >= 11 is 0. The van der Waals surface area contributed by atoms with Crippen LogP contribution in [-0.4, -0.2) is 53.6 Å². The van der Waals surface area contributed by atoms with E-state index in [1.807, 2.05) is 18.2 Å². The second-order valence-electron chi connectivity index (χ2n) is 6.75. The number of hydrogen-bond donors (Lipinski definition) is 2. The maximum atomic E-state index is 5.71. The smallest absolute Gasteiger partial charge is 0.191 e. The third-order valence-corrected chi connectivity index (χ3v) is 4.73. The molecule has 1 aliphatic rings. The van der Waals surface area contributed by atoms with Crippen LogP contribution in [0.1, 0.15) is 31.2 Å². The highest BCUT2D eigenvalue weighted by molar-refractivity contribution is 14.0. The number of nitrogens with zero attached hydrogens (tertiary/aromatic N) is 4. The SMILES string of the molecule is CCc1nncn1CCNC(=NCc1cccc(OC)c1)NCC1CCCO1.I. The van der Waals surface area contributed by atoms with Gasteiger partial charge >= 0.3 is 0 Å². The van der Waals surface area contributed by atoms with Crippen molar-refractivity contribution in [3.8, 4) is 5.75 Å². The minimum atomic E-state index is 0. The summed E-state index contributed by atoms with van der Waals surface area (Å²) in [6.45, 7) is 5.79. The lowest BCUT2D eigenvalue weighted by Gasteiger charge is -2.16. The van der Waals surface area contributed by atoms with Crippen LogP contribution in [0.25, 0.3) is 0 Å². The zero-order valence-corrected chi connectivity index (χ0v) is 19.5. The number of aryl methyl sites for hydroxylation is 1. The third-order valence-electron chi connectivity index (χ3n) is 4.73. The molecule has 1 saturated heterocycles. The number of aliphatic imine (C=N–C) groups is 1. The molecule has 9 heteroatoms. The molecule has 1 atom stereocenters. The second-order valence-corrected chi connectivity index (χ2v) is 6.75. The maximum absolute atomic E-state index is 5.71. The number of aromatic nitrogens is 3. The molecule has 0 bridgehead atoms. The number of nitrogens with one attached hydrogen (secondary N) is 2. The number of halogens is 1. The highest BCUT2D eigenvalue weighted by Gasteiger charge is 2.15. The van der Waals surface area contributed by atoms with Crippen LogP contribution < -0.4 is 15.4 Å². The molecule has 1 aromatic carbocycles. The normalized spacial score (nSPS) is 16.3. The van der Waals surface area contributed by atoms with Gasteiger partial charge in [-0.3, -0.25) is 0 Å². The fourth-order valence-electron chi connectivity index (χ4n) is 3.17. The Labute approximate surface area is 189 Å². The van der Waals surface area contributed by atoms with E-state index in [4.69, 9.17) is 14.5 Å². The van der Waals surface area contributed by atoms with E-state index in [1.54, 1.807) is 13.4 Å². The molecule has 2 aromatic rings. The van der Waals surface area contributed by atoms with Crippen molar-refractivity contribution in [2.24, 2.45) is 4.99 Å². The van der Waals surface area contributed by atoms with E-state index in [2.05, 4.69) is 38.4 Å². The van der Waals surface area contributed by atoms with Gasteiger partial charge in [0, 0.05) is 32.7 Å². The van der Waals surface area contributed by atoms with Crippen LogP contribution in [0.4, 0.5) is 0 Å². The van der Waals surface area contributed by atoms with Gasteiger partial charge in [-0.2, -0.15) is 0 Å². The van der Waals surface area contributed by atoms with Gasteiger partial charge in [0.05, 0.1) is 19.8 Å². The van der Waals surface area contributed by atoms with Crippen LogP contribution in [0.5, 0.6) is 5.75 Å². The Morgan fingerprint density at radius 3 is 3.03 bits per heavy atom. The van der Waals surface area contributed by atoms with E-state index in [9.17, 15) is 0 Å². The van der Waals surface area contributed by atoms with E-state index in [1.165, 1.54) is 0 Å². The highest BCUT2D eigenvalue weighted by atomic mass is 127. The van der Waals surface area contributed by atoms with Gasteiger partial charge in [0.15, 0.2) is 5.96 Å². The van der Waals surface area contributed by atoms with Gasteiger partial charge in [-0.1, -0.05) is 19.1 Å². The summed E-state index contributed by atoms with van der Waals surface area (Å²) in [6.07, 6.45) is 5.12. The van der Waals surface area contributed by atoms with Crippen molar-refractivity contribution >= 4 is 29.9 Å². The zero-order chi connectivity index (χ0) is 19.6. The number of guanidine groups is 1. The lowest BCUT2D eigenvalue weighted by molar-refractivity contribution is 0.114. The molecule has 0 spiro atoms. The monoisotopic (exact) mass is 514 g/mol. The molecule has 0 saturated carbocycles. The molecule has 1 unspecified atom stereocenters. The molecule has 0 radical (unpaired) electrons. The van der Waals surface area contributed by atoms with Gasteiger partial charge in [0.2, 0.25) is 0 Å². The van der Waals surface area contributed by atoms with Crippen LogP contribution in [-0.2, 0) is 24.2 Å². The van der Waals surface area contributed by atoms with Crippen molar-refractivity contribution in [2.45, 2.75) is 45.4 Å². The predicted octanol–water partition coefficient (Wildman–Crippen LogP) is 2.38. The van der Waals surface area contributed by atoms with Crippen LogP contribution >= 0.6 is 24.0 Å². The number of ether oxygens (including phenoxy) is 2. The van der Waals surface area contributed by atoms with Gasteiger partial charge in [0.1, 0.15) is 17.9 Å². The topological polar surface area (TPSA) is 85.6 Å². The summed E-state index contributed by atoms with van der Waals surface area (Å²) in [7, 11) is 1.67. The molecule has 2 N–H and O–H groups in total. The van der Waals surface area contributed by atoms with Crippen molar-refractivity contribution < 1.29 is 9.47 Å². The molecule has 0 amide bonds. The first-order valence-corrected chi connectivity index (χ1v) is 9.92. The van der Waals surface area contributed by atoms with Gasteiger partial charge < -0.3 is 24.7 Å². The lowest BCUT2D eigenvalue weighted by Crippen LogP contribution is -2.42. The first-order valence-electron chi connectivity index (χ1n) is 9.92. The fourth-order valence-corrected chi connectivity index (χ4v) is 3.17. The molecule has 1 aromatic heterocycles. The number of rotatable bonds is 9. The molecule has 29 heavy (non-hydrogen) atoms.